The second-order valence-corrected chi connectivity index (χ2v) is 5.06. The molecule has 0 saturated heterocycles. The molecule has 0 aromatic carbocycles. The molecule has 1 atom stereocenters. The average Bonchev–Trinajstić information content (AvgIpc) is 3.07. The lowest BCUT2D eigenvalue weighted by Gasteiger charge is -2.16. The number of ether oxygens (including phenoxy) is 1. The molecule has 0 amide bonds. The molecule has 0 bridgehead atoms. The zero-order valence-electron chi connectivity index (χ0n) is 11.1. The van der Waals surface area contributed by atoms with Crippen LogP contribution in [0.3, 0.4) is 0 Å². The van der Waals surface area contributed by atoms with Gasteiger partial charge in [-0.1, -0.05) is 13.8 Å². The SMILES string of the molecule is CCOC(c1nc(O)c(C(C)C)c(=O)[nH]1)C1CC1. The third-order valence-corrected chi connectivity index (χ3v) is 3.20. The molecule has 0 aliphatic heterocycles. The molecule has 1 heterocycles. The van der Waals surface area contributed by atoms with E-state index in [9.17, 15) is 9.90 Å². The highest BCUT2D eigenvalue weighted by atomic mass is 16.5. The molecule has 1 unspecified atom stereocenters. The van der Waals surface area contributed by atoms with Crippen LogP contribution < -0.4 is 5.56 Å². The summed E-state index contributed by atoms with van der Waals surface area (Å²) < 4.78 is 5.62. The largest absolute Gasteiger partial charge is 0.493 e. The van der Waals surface area contributed by atoms with Crippen LogP contribution in [-0.4, -0.2) is 21.7 Å². The van der Waals surface area contributed by atoms with Gasteiger partial charge in [0.15, 0.2) is 0 Å². The molecular weight excluding hydrogens is 232 g/mol. The predicted molar refractivity (Wildman–Crippen MR) is 67.7 cm³/mol. The van der Waals surface area contributed by atoms with Crippen molar-refractivity contribution in [1.82, 2.24) is 9.97 Å². The fourth-order valence-corrected chi connectivity index (χ4v) is 2.16. The van der Waals surface area contributed by atoms with Crippen molar-refractivity contribution < 1.29 is 9.84 Å². The van der Waals surface area contributed by atoms with Gasteiger partial charge in [-0.25, -0.2) is 0 Å². The molecule has 1 aliphatic rings. The molecule has 5 heteroatoms. The third-order valence-electron chi connectivity index (χ3n) is 3.20. The van der Waals surface area contributed by atoms with E-state index in [-0.39, 0.29) is 23.5 Å². The van der Waals surface area contributed by atoms with Crippen LogP contribution >= 0.6 is 0 Å². The van der Waals surface area contributed by atoms with Crippen LogP contribution in [0, 0.1) is 5.92 Å². The van der Waals surface area contributed by atoms with Crippen LogP contribution in [0.1, 0.15) is 57.0 Å². The lowest BCUT2D eigenvalue weighted by Crippen LogP contribution is -2.21. The molecule has 18 heavy (non-hydrogen) atoms. The van der Waals surface area contributed by atoms with E-state index in [1.54, 1.807) is 0 Å². The summed E-state index contributed by atoms with van der Waals surface area (Å²) in [7, 11) is 0. The van der Waals surface area contributed by atoms with E-state index in [2.05, 4.69) is 9.97 Å². The van der Waals surface area contributed by atoms with E-state index in [0.29, 0.717) is 23.9 Å². The minimum atomic E-state index is -0.266. The normalized spacial score (nSPS) is 17.1. The molecule has 0 spiro atoms. The predicted octanol–water partition coefficient (Wildman–Crippen LogP) is 2.09. The smallest absolute Gasteiger partial charge is 0.258 e. The van der Waals surface area contributed by atoms with Gasteiger partial charge in [-0.05, 0) is 31.6 Å². The fraction of sp³-hybridized carbons (Fsp3) is 0.692. The lowest BCUT2D eigenvalue weighted by atomic mass is 10.1. The Balaban J connectivity index is 2.37. The Kier molecular flexibility index (Phi) is 3.71. The summed E-state index contributed by atoms with van der Waals surface area (Å²) in [5, 5.41) is 9.88. The highest BCUT2D eigenvalue weighted by molar-refractivity contribution is 5.26. The monoisotopic (exact) mass is 252 g/mol. The van der Waals surface area contributed by atoms with Gasteiger partial charge in [0.05, 0.1) is 5.56 Å². The van der Waals surface area contributed by atoms with Gasteiger partial charge in [-0.15, -0.1) is 0 Å². The molecule has 1 aromatic heterocycles. The topological polar surface area (TPSA) is 75.2 Å². The molecule has 5 nitrogen and oxygen atoms in total. The van der Waals surface area contributed by atoms with Crippen LogP contribution in [0.2, 0.25) is 0 Å². The van der Waals surface area contributed by atoms with Gasteiger partial charge in [0.2, 0.25) is 5.88 Å². The van der Waals surface area contributed by atoms with Gasteiger partial charge in [-0.3, -0.25) is 4.79 Å². The van der Waals surface area contributed by atoms with Gasteiger partial charge < -0.3 is 14.8 Å². The standard InChI is InChI=1S/C13H20N2O3/c1-4-18-10(8-5-6-8)11-14-12(16)9(7(2)3)13(17)15-11/h7-8,10H,4-6H2,1-3H3,(H2,14,15,16,17). The summed E-state index contributed by atoms with van der Waals surface area (Å²) in [5.41, 5.74) is 0.0719. The molecular formula is C13H20N2O3. The number of hydrogen-bond donors (Lipinski definition) is 2. The first kappa shape index (κ1) is 13.1. The molecule has 1 aliphatic carbocycles. The third kappa shape index (κ3) is 2.56. The van der Waals surface area contributed by atoms with Crippen molar-refractivity contribution in [3.63, 3.8) is 0 Å². The quantitative estimate of drug-likeness (QED) is 0.841. The minimum Gasteiger partial charge on any atom is -0.493 e. The Morgan fingerprint density at radius 2 is 2.17 bits per heavy atom. The molecule has 1 aromatic rings. The summed E-state index contributed by atoms with van der Waals surface area (Å²) in [6, 6.07) is 0. The first-order valence-corrected chi connectivity index (χ1v) is 6.49. The molecule has 2 N–H and O–H groups in total. The molecule has 0 radical (unpaired) electrons. The highest BCUT2D eigenvalue weighted by Gasteiger charge is 2.35. The Labute approximate surface area is 106 Å². The van der Waals surface area contributed by atoms with E-state index in [4.69, 9.17) is 4.74 Å². The zero-order chi connectivity index (χ0) is 13.3. The summed E-state index contributed by atoms with van der Waals surface area (Å²) in [5.74, 6) is 0.638. The van der Waals surface area contributed by atoms with E-state index in [1.165, 1.54) is 0 Å². The molecule has 1 fully saturated rings. The Bertz CT molecular complexity index is 478. The van der Waals surface area contributed by atoms with Crippen molar-refractivity contribution in [3.05, 3.63) is 21.7 Å². The van der Waals surface area contributed by atoms with Gasteiger partial charge in [0, 0.05) is 6.61 Å². The first-order chi connectivity index (χ1) is 8.54. The zero-order valence-corrected chi connectivity index (χ0v) is 11.1. The number of nitrogens with one attached hydrogen (secondary N) is 1. The number of aromatic nitrogens is 2. The van der Waals surface area contributed by atoms with E-state index in [0.717, 1.165) is 12.8 Å². The van der Waals surface area contributed by atoms with Gasteiger partial charge in [-0.2, -0.15) is 4.98 Å². The maximum atomic E-state index is 11.9. The van der Waals surface area contributed by atoms with Crippen molar-refractivity contribution in [3.8, 4) is 5.88 Å². The van der Waals surface area contributed by atoms with E-state index in [1.807, 2.05) is 20.8 Å². The van der Waals surface area contributed by atoms with Crippen LogP contribution in [0.5, 0.6) is 5.88 Å². The Morgan fingerprint density at radius 3 is 2.61 bits per heavy atom. The second-order valence-electron chi connectivity index (χ2n) is 5.06. The minimum absolute atomic E-state index is 0.0539. The number of aromatic amines is 1. The number of nitrogens with zero attached hydrogens (tertiary/aromatic N) is 1. The maximum absolute atomic E-state index is 11.9. The number of H-pyrrole nitrogens is 1. The van der Waals surface area contributed by atoms with Crippen molar-refractivity contribution in [2.45, 2.75) is 45.6 Å². The van der Waals surface area contributed by atoms with Gasteiger partial charge in [0.1, 0.15) is 11.9 Å². The van der Waals surface area contributed by atoms with Crippen molar-refractivity contribution in [1.29, 1.82) is 0 Å². The summed E-state index contributed by atoms with van der Waals surface area (Å²) >= 11 is 0. The Morgan fingerprint density at radius 1 is 1.50 bits per heavy atom. The Hall–Kier alpha value is -1.36. The van der Waals surface area contributed by atoms with Crippen molar-refractivity contribution in [2.75, 3.05) is 6.61 Å². The summed E-state index contributed by atoms with van der Waals surface area (Å²) in [6.45, 7) is 6.19. The molecule has 100 valence electrons. The molecule has 1 saturated carbocycles. The lowest BCUT2D eigenvalue weighted by molar-refractivity contribution is 0.0393. The molecule has 2 rings (SSSR count). The van der Waals surface area contributed by atoms with Crippen LogP contribution in [-0.2, 0) is 4.74 Å². The van der Waals surface area contributed by atoms with Crippen LogP contribution in [0.4, 0.5) is 0 Å². The van der Waals surface area contributed by atoms with Crippen molar-refractivity contribution >= 4 is 0 Å². The number of aromatic hydroxyl groups is 1. The maximum Gasteiger partial charge on any atom is 0.258 e. The number of rotatable bonds is 5. The summed E-state index contributed by atoms with van der Waals surface area (Å²) in [6.07, 6.45) is 1.97. The average molecular weight is 252 g/mol. The van der Waals surface area contributed by atoms with E-state index >= 15 is 0 Å². The number of hydrogen-bond acceptors (Lipinski definition) is 4. The van der Waals surface area contributed by atoms with Crippen molar-refractivity contribution in [2.24, 2.45) is 5.92 Å². The first-order valence-electron chi connectivity index (χ1n) is 6.49. The van der Waals surface area contributed by atoms with E-state index < -0.39 is 0 Å². The van der Waals surface area contributed by atoms with Crippen LogP contribution in [0.15, 0.2) is 4.79 Å². The van der Waals surface area contributed by atoms with Crippen LogP contribution in [0.25, 0.3) is 0 Å². The fourth-order valence-electron chi connectivity index (χ4n) is 2.16. The van der Waals surface area contributed by atoms with Gasteiger partial charge in [0.25, 0.3) is 5.56 Å². The second kappa shape index (κ2) is 5.10. The highest BCUT2D eigenvalue weighted by Crippen LogP contribution is 2.42. The summed E-state index contributed by atoms with van der Waals surface area (Å²) in [4.78, 5) is 18.8. The van der Waals surface area contributed by atoms with Gasteiger partial charge >= 0.3 is 0 Å².